The highest BCUT2D eigenvalue weighted by Gasteiger charge is 2.07. The Labute approximate surface area is 109 Å². The molecule has 0 saturated heterocycles. The van der Waals surface area contributed by atoms with Crippen molar-refractivity contribution in [2.75, 3.05) is 13.2 Å². The molecule has 0 heterocycles. The summed E-state index contributed by atoms with van der Waals surface area (Å²) in [5.74, 6) is 1.88. The van der Waals surface area contributed by atoms with Crippen LogP contribution in [0.1, 0.15) is 26.7 Å². The highest BCUT2D eigenvalue weighted by molar-refractivity contribution is 5.93. The Bertz CT molecular complexity index is 459. The molecular weight excluding hydrogens is 224 g/mol. The molecule has 0 N–H and O–H groups in total. The first-order valence-electron chi connectivity index (χ1n) is 6.64. The number of hydrogen-bond acceptors (Lipinski definition) is 2. The lowest BCUT2D eigenvalue weighted by molar-refractivity contribution is 0.314. The lowest BCUT2D eigenvalue weighted by atomic mass is 10.1. The quantitative estimate of drug-likeness (QED) is 0.749. The van der Waals surface area contributed by atoms with Crippen molar-refractivity contribution in [2.45, 2.75) is 26.7 Å². The predicted octanol–water partition coefficient (Wildman–Crippen LogP) is 4.42. The van der Waals surface area contributed by atoms with Crippen LogP contribution in [0.3, 0.4) is 0 Å². The molecule has 0 saturated carbocycles. The average Bonchev–Trinajstić information content (AvgIpc) is 2.43. The van der Waals surface area contributed by atoms with Crippen LogP contribution >= 0.6 is 0 Å². The molecule has 0 atom stereocenters. The molecule has 0 unspecified atom stereocenters. The van der Waals surface area contributed by atoms with Gasteiger partial charge in [0.05, 0.1) is 13.2 Å². The van der Waals surface area contributed by atoms with E-state index in [1.807, 2.05) is 24.3 Å². The summed E-state index contributed by atoms with van der Waals surface area (Å²) in [6, 6.07) is 12.2. The van der Waals surface area contributed by atoms with Gasteiger partial charge in [0.2, 0.25) is 0 Å². The van der Waals surface area contributed by atoms with Crippen LogP contribution < -0.4 is 9.47 Å². The fraction of sp³-hybridized carbons (Fsp3) is 0.375. The van der Waals surface area contributed by atoms with Gasteiger partial charge in [0.25, 0.3) is 0 Å². The minimum Gasteiger partial charge on any atom is -0.493 e. The van der Waals surface area contributed by atoms with Crippen LogP contribution in [0, 0.1) is 0 Å². The van der Waals surface area contributed by atoms with E-state index < -0.39 is 0 Å². The van der Waals surface area contributed by atoms with Gasteiger partial charge in [-0.15, -0.1) is 0 Å². The molecule has 0 aliphatic carbocycles. The van der Waals surface area contributed by atoms with Crippen molar-refractivity contribution >= 4 is 10.8 Å². The van der Waals surface area contributed by atoms with Crippen molar-refractivity contribution in [2.24, 2.45) is 0 Å². The predicted molar refractivity (Wildman–Crippen MR) is 75.5 cm³/mol. The summed E-state index contributed by atoms with van der Waals surface area (Å²) in [6.45, 7) is 5.72. The topological polar surface area (TPSA) is 18.5 Å². The van der Waals surface area contributed by atoms with E-state index in [0.29, 0.717) is 0 Å². The maximum atomic E-state index is 5.77. The molecular formula is C16H20O2. The number of hydrogen-bond donors (Lipinski definition) is 0. The van der Waals surface area contributed by atoms with Crippen LogP contribution in [0.25, 0.3) is 10.8 Å². The molecule has 2 aromatic carbocycles. The minimum atomic E-state index is 0.749. The number of rotatable bonds is 6. The highest BCUT2D eigenvalue weighted by atomic mass is 16.5. The summed E-state index contributed by atoms with van der Waals surface area (Å²) in [7, 11) is 0. The number of benzene rings is 2. The Kier molecular flexibility index (Phi) is 4.46. The zero-order chi connectivity index (χ0) is 12.8. The van der Waals surface area contributed by atoms with Crippen molar-refractivity contribution in [3.05, 3.63) is 36.4 Å². The smallest absolute Gasteiger partial charge is 0.127 e. The van der Waals surface area contributed by atoms with E-state index in [1.165, 1.54) is 0 Å². The van der Waals surface area contributed by atoms with E-state index in [1.54, 1.807) is 0 Å². The van der Waals surface area contributed by atoms with Gasteiger partial charge in [0, 0.05) is 10.8 Å². The largest absolute Gasteiger partial charge is 0.493 e. The van der Waals surface area contributed by atoms with Gasteiger partial charge in [-0.2, -0.15) is 0 Å². The van der Waals surface area contributed by atoms with E-state index in [0.717, 1.165) is 48.3 Å². The van der Waals surface area contributed by atoms with Gasteiger partial charge in [-0.3, -0.25) is 0 Å². The van der Waals surface area contributed by atoms with E-state index >= 15 is 0 Å². The Morgan fingerprint density at radius 1 is 0.722 bits per heavy atom. The average molecular weight is 244 g/mol. The van der Waals surface area contributed by atoms with Gasteiger partial charge < -0.3 is 9.47 Å². The molecule has 0 bridgehead atoms. The van der Waals surface area contributed by atoms with Crippen LogP contribution in [0.15, 0.2) is 36.4 Å². The Morgan fingerprint density at radius 2 is 1.17 bits per heavy atom. The van der Waals surface area contributed by atoms with Crippen LogP contribution in [0.2, 0.25) is 0 Å². The third kappa shape index (κ3) is 2.76. The standard InChI is InChI=1S/C16H20O2/c1-3-11-17-15-9-10-16(18-12-4-2)14-8-6-5-7-13(14)15/h5-10H,3-4,11-12H2,1-2H3. The summed E-state index contributed by atoms with van der Waals surface area (Å²) in [5, 5.41) is 2.25. The van der Waals surface area contributed by atoms with Gasteiger partial charge in [-0.05, 0) is 25.0 Å². The van der Waals surface area contributed by atoms with Gasteiger partial charge in [0.15, 0.2) is 0 Å². The SMILES string of the molecule is CCCOc1ccc(OCCC)c2ccccc12. The van der Waals surface area contributed by atoms with Crippen LogP contribution in [0.4, 0.5) is 0 Å². The van der Waals surface area contributed by atoms with E-state index in [2.05, 4.69) is 26.0 Å². The Hall–Kier alpha value is -1.70. The van der Waals surface area contributed by atoms with Crippen molar-refractivity contribution in [3.63, 3.8) is 0 Å². The second-order valence-corrected chi connectivity index (χ2v) is 4.30. The third-order valence-corrected chi connectivity index (χ3v) is 2.77. The summed E-state index contributed by atoms with van der Waals surface area (Å²) >= 11 is 0. The molecule has 2 heteroatoms. The van der Waals surface area contributed by atoms with E-state index in [-0.39, 0.29) is 0 Å². The first-order valence-corrected chi connectivity index (χ1v) is 6.64. The lowest BCUT2D eigenvalue weighted by Crippen LogP contribution is -1.98. The molecule has 18 heavy (non-hydrogen) atoms. The number of fused-ring (bicyclic) bond motifs is 1. The zero-order valence-electron chi connectivity index (χ0n) is 11.1. The molecule has 0 aliphatic rings. The zero-order valence-corrected chi connectivity index (χ0v) is 11.1. The molecule has 0 spiro atoms. The molecule has 0 aromatic heterocycles. The van der Waals surface area contributed by atoms with Crippen LogP contribution in [0.5, 0.6) is 11.5 Å². The first-order chi connectivity index (χ1) is 8.86. The summed E-state index contributed by atoms with van der Waals surface area (Å²) in [6.07, 6.45) is 2.03. The van der Waals surface area contributed by atoms with E-state index in [4.69, 9.17) is 9.47 Å². The molecule has 96 valence electrons. The van der Waals surface area contributed by atoms with Gasteiger partial charge in [-0.1, -0.05) is 38.1 Å². The highest BCUT2D eigenvalue weighted by Crippen LogP contribution is 2.33. The molecule has 0 fully saturated rings. The minimum absolute atomic E-state index is 0.749. The molecule has 0 amide bonds. The summed E-state index contributed by atoms with van der Waals surface area (Å²) in [5.41, 5.74) is 0. The van der Waals surface area contributed by atoms with Gasteiger partial charge >= 0.3 is 0 Å². The Morgan fingerprint density at radius 3 is 1.56 bits per heavy atom. The van der Waals surface area contributed by atoms with Crippen molar-refractivity contribution in [1.82, 2.24) is 0 Å². The second kappa shape index (κ2) is 6.29. The normalized spacial score (nSPS) is 10.6. The fourth-order valence-electron chi connectivity index (χ4n) is 1.92. The molecule has 2 aromatic rings. The van der Waals surface area contributed by atoms with E-state index in [9.17, 15) is 0 Å². The summed E-state index contributed by atoms with van der Waals surface area (Å²) in [4.78, 5) is 0. The second-order valence-electron chi connectivity index (χ2n) is 4.30. The molecule has 0 aliphatic heterocycles. The maximum absolute atomic E-state index is 5.77. The first kappa shape index (κ1) is 12.7. The Balaban J connectivity index is 2.38. The molecule has 0 radical (unpaired) electrons. The van der Waals surface area contributed by atoms with Crippen LogP contribution in [-0.2, 0) is 0 Å². The van der Waals surface area contributed by atoms with Crippen molar-refractivity contribution < 1.29 is 9.47 Å². The van der Waals surface area contributed by atoms with Gasteiger partial charge in [0.1, 0.15) is 11.5 Å². The van der Waals surface area contributed by atoms with Crippen molar-refractivity contribution in [3.8, 4) is 11.5 Å². The lowest BCUT2D eigenvalue weighted by Gasteiger charge is -2.12. The van der Waals surface area contributed by atoms with Crippen molar-refractivity contribution in [1.29, 1.82) is 0 Å². The summed E-state index contributed by atoms with van der Waals surface area (Å²) < 4.78 is 11.5. The third-order valence-electron chi connectivity index (χ3n) is 2.77. The fourth-order valence-corrected chi connectivity index (χ4v) is 1.92. The molecule has 2 nitrogen and oxygen atoms in total. The maximum Gasteiger partial charge on any atom is 0.127 e. The number of ether oxygens (including phenoxy) is 2. The van der Waals surface area contributed by atoms with Crippen LogP contribution in [-0.4, -0.2) is 13.2 Å². The molecule has 2 rings (SSSR count). The van der Waals surface area contributed by atoms with Gasteiger partial charge in [-0.25, -0.2) is 0 Å². The monoisotopic (exact) mass is 244 g/mol.